The van der Waals surface area contributed by atoms with E-state index in [4.69, 9.17) is 32.6 Å². The van der Waals surface area contributed by atoms with Crippen molar-refractivity contribution in [3.05, 3.63) is 71.3 Å². The average molecular weight is 763 g/mol. The topological polar surface area (TPSA) is 102 Å². The van der Waals surface area contributed by atoms with Crippen LogP contribution in [0.25, 0.3) is 6.08 Å². The molecular formula is C37H48BrNO9S. The number of cyclic esters (lactones) is 1. The van der Waals surface area contributed by atoms with Crippen LogP contribution in [0.15, 0.2) is 54.6 Å². The maximum absolute atomic E-state index is 13.9. The molecule has 1 amide bonds. The molecule has 0 aromatic heterocycles. The van der Waals surface area contributed by atoms with Crippen molar-refractivity contribution in [3.8, 4) is 11.5 Å². The number of fused-ring (bicyclic) bond motifs is 2. The third-order valence-electron chi connectivity index (χ3n) is 8.13. The maximum atomic E-state index is 13.9. The maximum Gasteiger partial charge on any atom is 0.414 e. The highest BCUT2D eigenvalue weighted by molar-refractivity contribution is 9.49. The van der Waals surface area contributed by atoms with E-state index in [9.17, 15) is 9.59 Å². The van der Waals surface area contributed by atoms with Gasteiger partial charge in [0.1, 0.15) is 45.7 Å². The Morgan fingerprint density at radius 3 is 2.45 bits per heavy atom. The second-order valence-electron chi connectivity index (χ2n) is 13.5. The minimum atomic E-state index is -0.848. The Labute approximate surface area is 301 Å². The first-order valence-electron chi connectivity index (χ1n) is 16.4. The Kier molecular flexibility index (Phi) is 13.3. The molecule has 0 unspecified atom stereocenters. The van der Waals surface area contributed by atoms with Gasteiger partial charge in [0.15, 0.2) is 11.5 Å². The average Bonchev–Trinajstić information content (AvgIpc) is 3.33. The number of amides is 1. The quantitative estimate of drug-likeness (QED) is 0.147. The summed E-state index contributed by atoms with van der Waals surface area (Å²) in [4.78, 5) is 28.6. The van der Waals surface area contributed by atoms with Gasteiger partial charge in [-0.25, -0.2) is 9.59 Å². The second-order valence-corrected chi connectivity index (χ2v) is 14.6. The highest BCUT2D eigenvalue weighted by Gasteiger charge is 2.44. The lowest BCUT2D eigenvalue weighted by molar-refractivity contribution is -0.156. The normalized spacial score (nSPS) is 25.2. The summed E-state index contributed by atoms with van der Waals surface area (Å²) in [6.07, 6.45) is 5.88. The van der Waals surface area contributed by atoms with Crippen LogP contribution >= 0.6 is 25.3 Å². The van der Waals surface area contributed by atoms with Crippen molar-refractivity contribution in [1.29, 1.82) is 0 Å². The van der Waals surface area contributed by atoms with Gasteiger partial charge in [-0.3, -0.25) is 4.90 Å². The number of rotatable bonds is 8. The Balaban J connectivity index is 1.75. The number of anilines is 1. The van der Waals surface area contributed by atoms with Crippen molar-refractivity contribution in [2.45, 2.75) is 104 Å². The number of hydrogen-bond acceptors (Lipinski definition) is 10. The zero-order valence-electron chi connectivity index (χ0n) is 29.7. The van der Waals surface area contributed by atoms with Crippen LogP contribution in [0.2, 0.25) is 0 Å². The highest BCUT2D eigenvalue weighted by Crippen LogP contribution is 2.37. The molecule has 49 heavy (non-hydrogen) atoms. The molecule has 0 saturated carbocycles. The van der Waals surface area contributed by atoms with Crippen LogP contribution in [0.5, 0.6) is 11.5 Å². The van der Waals surface area contributed by atoms with Crippen LogP contribution < -0.4 is 13.8 Å². The summed E-state index contributed by atoms with van der Waals surface area (Å²) < 4.78 is 42.2. The summed E-state index contributed by atoms with van der Waals surface area (Å²) in [5.74, 6) is -0.576. The first-order chi connectivity index (χ1) is 23.1. The van der Waals surface area contributed by atoms with Gasteiger partial charge in [0, 0.05) is 33.3 Å². The van der Waals surface area contributed by atoms with Gasteiger partial charge in [0.2, 0.25) is 0 Å². The van der Waals surface area contributed by atoms with Crippen LogP contribution in [-0.2, 0) is 30.3 Å². The van der Waals surface area contributed by atoms with E-state index in [1.54, 1.807) is 19.2 Å². The monoisotopic (exact) mass is 761 g/mol. The molecule has 10 nitrogen and oxygen atoms in total. The fourth-order valence-corrected chi connectivity index (χ4v) is 6.19. The largest absolute Gasteiger partial charge is 0.497 e. The molecule has 0 bridgehead atoms. The first-order valence-corrected chi connectivity index (χ1v) is 19.0. The van der Waals surface area contributed by atoms with Gasteiger partial charge in [-0.2, -0.15) is 0 Å². The molecule has 2 aliphatic heterocycles. The van der Waals surface area contributed by atoms with Gasteiger partial charge in [0.25, 0.3) is 0 Å². The lowest BCUT2D eigenvalue weighted by Crippen LogP contribution is -2.37. The van der Waals surface area contributed by atoms with E-state index in [1.807, 2.05) is 104 Å². The zero-order chi connectivity index (χ0) is 35.9. The van der Waals surface area contributed by atoms with Crippen molar-refractivity contribution in [3.63, 3.8) is 0 Å². The van der Waals surface area contributed by atoms with Crippen LogP contribution in [0, 0.1) is 5.92 Å². The molecule has 2 aliphatic rings. The standard InChI is InChI=1S/C37H48BrNO9S/c1-10-39(35(41)47-36(4,5)6)27-20-26-12-11-13-30-33(46-37(7,8)45-30)29(43-22-25-15-17-28(42-9)18-16-25)19-14-23(2)24(3)44-34(40)32(26)31(21-27)48-49-38/h11-12,14-21,23-24,29-30,33H,10,13,22H2,1-9H3/b12-11+,19-14-/t23-,24+,29-,30+,33-/m1/s1. The Bertz CT molecular complexity index is 1500. The Morgan fingerprint density at radius 1 is 1.10 bits per heavy atom. The van der Waals surface area contributed by atoms with Gasteiger partial charge < -0.3 is 32.6 Å². The van der Waals surface area contributed by atoms with E-state index in [0.29, 0.717) is 30.8 Å². The first kappa shape index (κ1) is 38.8. The predicted molar refractivity (Wildman–Crippen MR) is 195 cm³/mol. The molecule has 0 aliphatic carbocycles. The number of methoxy groups -OCH3 is 1. The molecule has 0 radical (unpaired) electrons. The van der Waals surface area contributed by atoms with Crippen molar-refractivity contribution in [2.75, 3.05) is 18.6 Å². The minimum Gasteiger partial charge on any atom is -0.497 e. The Morgan fingerprint density at radius 2 is 1.82 bits per heavy atom. The van der Waals surface area contributed by atoms with E-state index < -0.39 is 41.8 Å². The fraction of sp³-hybridized carbons (Fsp3) is 0.514. The van der Waals surface area contributed by atoms with Gasteiger partial charge in [-0.05, 0) is 84.2 Å². The van der Waals surface area contributed by atoms with Crippen LogP contribution in [0.3, 0.4) is 0 Å². The second kappa shape index (κ2) is 16.8. The smallest absolute Gasteiger partial charge is 0.414 e. The molecule has 0 spiro atoms. The lowest BCUT2D eigenvalue weighted by atomic mass is 9.98. The summed E-state index contributed by atoms with van der Waals surface area (Å²) in [6, 6.07) is 11.1. The summed E-state index contributed by atoms with van der Waals surface area (Å²) in [5, 5.41) is 0. The number of carbonyl (C=O) groups is 2. The van der Waals surface area contributed by atoms with Crippen LogP contribution in [0.4, 0.5) is 10.5 Å². The van der Waals surface area contributed by atoms with E-state index in [1.165, 1.54) is 4.90 Å². The number of benzene rings is 2. The van der Waals surface area contributed by atoms with E-state index in [0.717, 1.165) is 21.8 Å². The van der Waals surface area contributed by atoms with Gasteiger partial charge in [-0.15, -0.1) is 0 Å². The SMILES string of the molecule is CCN(C(=O)OC(C)(C)C)c1cc2c(c(OSBr)c1)C(=O)O[C@@H](C)[C@H](C)/C=C\[C@@H](OCc1ccc(OC)cc1)[C@H]1OC(C)(C)O[C@H]1C/C=C/2. The molecular weight excluding hydrogens is 714 g/mol. The fourth-order valence-electron chi connectivity index (χ4n) is 5.56. The molecule has 1 fully saturated rings. The third-order valence-corrected chi connectivity index (χ3v) is 8.77. The van der Waals surface area contributed by atoms with Crippen molar-refractivity contribution < 1.29 is 42.2 Å². The molecule has 268 valence electrons. The van der Waals surface area contributed by atoms with Crippen molar-refractivity contribution >= 4 is 49.1 Å². The highest BCUT2D eigenvalue weighted by atomic mass is 79.9. The number of hydrogen-bond donors (Lipinski definition) is 0. The summed E-state index contributed by atoms with van der Waals surface area (Å²) >= 11 is 3.25. The molecule has 2 aromatic rings. The summed E-state index contributed by atoms with van der Waals surface area (Å²) in [5.41, 5.74) is 1.53. The number of halogens is 1. The molecule has 4 rings (SSSR count). The minimum absolute atomic E-state index is 0.177. The summed E-state index contributed by atoms with van der Waals surface area (Å²) in [6.45, 7) is 15.6. The van der Waals surface area contributed by atoms with Gasteiger partial charge >= 0.3 is 12.1 Å². The molecule has 2 heterocycles. The third kappa shape index (κ3) is 10.5. The molecule has 5 atom stereocenters. The van der Waals surface area contributed by atoms with E-state index in [2.05, 4.69) is 14.8 Å². The molecule has 12 heteroatoms. The van der Waals surface area contributed by atoms with Crippen molar-refractivity contribution in [2.24, 2.45) is 5.92 Å². The number of nitrogens with zero attached hydrogens (tertiary/aromatic N) is 1. The lowest BCUT2D eigenvalue weighted by Gasteiger charge is -2.28. The van der Waals surface area contributed by atoms with Gasteiger partial charge in [0.05, 0.1) is 25.5 Å². The van der Waals surface area contributed by atoms with Gasteiger partial charge in [-0.1, -0.05) is 43.4 Å². The van der Waals surface area contributed by atoms with Crippen LogP contribution in [0.1, 0.15) is 83.3 Å². The summed E-state index contributed by atoms with van der Waals surface area (Å²) in [7, 11) is 2.54. The molecule has 0 N–H and O–H groups in total. The number of carbonyl (C=O) groups excluding carboxylic acids is 2. The predicted octanol–water partition coefficient (Wildman–Crippen LogP) is 9.05. The molecule has 2 aromatic carbocycles. The number of ether oxygens (including phenoxy) is 6. The number of esters is 1. The van der Waals surface area contributed by atoms with Crippen molar-refractivity contribution in [1.82, 2.24) is 0 Å². The van der Waals surface area contributed by atoms with E-state index in [-0.39, 0.29) is 23.3 Å². The van der Waals surface area contributed by atoms with Crippen LogP contribution in [-0.4, -0.2) is 61.5 Å². The molecule has 1 saturated heterocycles. The Hall–Kier alpha value is -3.03. The zero-order valence-corrected chi connectivity index (χ0v) is 32.1. The van der Waals surface area contributed by atoms with E-state index >= 15 is 0 Å².